The summed E-state index contributed by atoms with van der Waals surface area (Å²) in [6, 6.07) is 8.26. The molecule has 3 heterocycles. The number of pyridine rings is 2. The van der Waals surface area contributed by atoms with Crippen molar-refractivity contribution in [1.82, 2.24) is 14.5 Å². The van der Waals surface area contributed by atoms with Crippen molar-refractivity contribution < 1.29 is 9.18 Å². The van der Waals surface area contributed by atoms with E-state index in [4.69, 9.17) is 11.5 Å². The Bertz CT molecular complexity index is 1040. The molecule has 2 atom stereocenters. The maximum atomic E-state index is 14.6. The fourth-order valence-corrected chi connectivity index (χ4v) is 3.65. The van der Waals surface area contributed by atoms with Gasteiger partial charge in [0.1, 0.15) is 11.6 Å². The van der Waals surface area contributed by atoms with E-state index in [-0.39, 0.29) is 29.3 Å². The van der Waals surface area contributed by atoms with Crippen LogP contribution in [-0.4, -0.2) is 32.5 Å². The topological polar surface area (TPSA) is 124 Å². The quantitative estimate of drug-likeness (QED) is 0.496. The van der Waals surface area contributed by atoms with Crippen molar-refractivity contribution in [3.05, 3.63) is 60.3 Å². The van der Waals surface area contributed by atoms with Crippen molar-refractivity contribution in [1.29, 1.82) is 0 Å². The van der Waals surface area contributed by atoms with Gasteiger partial charge in [0.15, 0.2) is 11.6 Å². The van der Waals surface area contributed by atoms with E-state index >= 15 is 0 Å². The number of nitrogens with one attached hydrogen (secondary N) is 2. The lowest BCUT2D eigenvalue weighted by Crippen LogP contribution is -2.43. The lowest BCUT2D eigenvalue weighted by molar-refractivity contribution is 0.100. The number of anilines is 3. The molecule has 1 aliphatic carbocycles. The molecule has 0 spiro atoms. The average molecular weight is 409 g/mol. The number of nitrogens with two attached hydrogens (primary N) is 2. The predicted octanol–water partition coefficient (Wildman–Crippen LogP) is 2.93. The zero-order valence-corrected chi connectivity index (χ0v) is 16.4. The van der Waals surface area contributed by atoms with Crippen molar-refractivity contribution in [2.45, 2.75) is 37.8 Å². The van der Waals surface area contributed by atoms with Crippen LogP contribution in [0.4, 0.5) is 21.7 Å². The first kappa shape index (κ1) is 19.8. The van der Waals surface area contributed by atoms with E-state index in [9.17, 15) is 9.18 Å². The molecule has 3 aromatic rings. The van der Waals surface area contributed by atoms with Gasteiger partial charge in [-0.3, -0.25) is 4.79 Å². The third kappa shape index (κ3) is 4.25. The summed E-state index contributed by atoms with van der Waals surface area (Å²) in [5.41, 5.74) is 12.2. The van der Waals surface area contributed by atoms with Gasteiger partial charge in [0, 0.05) is 42.4 Å². The Morgan fingerprint density at radius 2 is 1.93 bits per heavy atom. The number of carbonyl (C=O) groups excluding carboxylic acids is 1. The van der Waals surface area contributed by atoms with Gasteiger partial charge in [0.2, 0.25) is 0 Å². The first-order chi connectivity index (χ1) is 14.5. The summed E-state index contributed by atoms with van der Waals surface area (Å²) < 4.78 is 16.5. The molecule has 1 saturated carbocycles. The number of carbonyl (C=O) groups is 1. The summed E-state index contributed by atoms with van der Waals surface area (Å²) in [5, 5.41) is 6.17. The monoisotopic (exact) mass is 409 g/mol. The molecule has 0 radical (unpaired) electrons. The van der Waals surface area contributed by atoms with Gasteiger partial charge in [-0.2, -0.15) is 0 Å². The second kappa shape index (κ2) is 8.50. The average Bonchev–Trinajstić information content (AvgIpc) is 3.27. The maximum Gasteiger partial charge on any atom is 0.252 e. The number of rotatable bonds is 6. The zero-order valence-electron chi connectivity index (χ0n) is 16.4. The number of amides is 1. The Hall–Kier alpha value is -3.46. The second-order valence-corrected chi connectivity index (χ2v) is 7.40. The fourth-order valence-electron chi connectivity index (χ4n) is 3.65. The Morgan fingerprint density at radius 1 is 1.17 bits per heavy atom. The van der Waals surface area contributed by atoms with Gasteiger partial charge in [0.05, 0.1) is 5.56 Å². The molecule has 1 amide bonds. The van der Waals surface area contributed by atoms with Gasteiger partial charge in [-0.1, -0.05) is 12.8 Å². The van der Waals surface area contributed by atoms with Crippen LogP contribution in [0.25, 0.3) is 5.82 Å². The van der Waals surface area contributed by atoms with E-state index in [1.165, 1.54) is 0 Å². The first-order valence-corrected chi connectivity index (χ1v) is 9.90. The molecule has 0 unspecified atom stereocenters. The second-order valence-electron chi connectivity index (χ2n) is 7.40. The predicted molar refractivity (Wildman–Crippen MR) is 113 cm³/mol. The largest absolute Gasteiger partial charge is 0.365 e. The van der Waals surface area contributed by atoms with Gasteiger partial charge in [-0.15, -0.1) is 0 Å². The van der Waals surface area contributed by atoms with Crippen LogP contribution >= 0.6 is 0 Å². The molecule has 3 aromatic heterocycles. The molecule has 1 fully saturated rings. The van der Waals surface area contributed by atoms with E-state index in [0.29, 0.717) is 11.5 Å². The minimum atomic E-state index is -0.774. The van der Waals surface area contributed by atoms with Crippen LogP contribution in [0.1, 0.15) is 36.0 Å². The number of hydrogen-bond donors (Lipinski definition) is 4. The Kier molecular flexibility index (Phi) is 5.62. The van der Waals surface area contributed by atoms with Crippen LogP contribution in [0.2, 0.25) is 0 Å². The summed E-state index contributed by atoms with van der Waals surface area (Å²) in [6.45, 7) is 0. The Morgan fingerprint density at radius 3 is 2.67 bits per heavy atom. The van der Waals surface area contributed by atoms with Gasteiger partial charge in [0.25, 0.3) is 5.91 Å². The molecular formula is C21H24FN7O. The lowest BCUT2D eigenvalue weighted by Gasteiger charge is -2.30. The molecule has 0 aliphatic heterocycles. The van der Waals surface area contributed by atoms with Crippen molar-refractivity contribution in [2.75, 3.05) is 10.6 Å². The molecular weight excluding hydrogens is 385 g/mol. The molecule has 0 aromatic carbocycles. The van der Waals surface area contributed by atoms with Gasteiger partial charge in [-0.25, -0.2) is 14.4 Å². The molecule has 30 heavy (non-hydrogen) atoms. The summed E-state index contributed by atoms with van der Waals surface area (Å²) >= 11 is 0. The molecule has 4 rings (SSSR count). The van der Waals surface area contributed by atoms with E-state index < -0.39 is 11.7 Å². The third-order valence-corrected chi connectivity index (χ3v) is 5.26. The Balaban J connectivity index is 1.64. The zero-order chi connectivity index (χ0) is 21.1. The normalized spacial score (nSPS) is 18.7. The van der Waals surface area contributed by atoms with Crippen molar-refractivity contribution in [3.8, 4) is 5.82 Å². The number of nitrogens with zero attached hydrogens (tertiary/aromatic N) is 3. The fraction of sp³-hybridized carbons (Fsp3) is 0.286. The minimum absolute atomic E-state index is 0.0367. The van der Waals surface area contributed by atoms with E-state index in [2.05, 4.69) is 20.6 Å². The van der Waals surface area contributed by atoms with E-state index in [1.807, 2.05) is 29.1 Å². The van der Waals surface area contributed by atoms with E-state index in [1.54, 1.807) is 18.3 Å². The summed E-state index contributed by atoms with van der Waals surface area (Å²) in [4.78, 5) is 20.5. The van der Waals surface area contributed by atoms with Gasteiger partial charge < -0.3 is 26.7 Å². The SMILES string of the molecule is NC(=O)c1cc(F)c(N[C@@H]2CCCC[C@@H]2N)nc1Nc1ccnc(-n2cccc2)c1. The highest BCUT2D eigenvalue weighted by Crippen LogP contribution is 2.27. The molecule has 0 saturated heterocycles. The highest BCUT2D eigenvalue weighted by Gasteiger charge is 2.24. The third-order valence-electron chi connectivity index (χ3n) is 5.26. The summed E-state index contributed by atoms with van der Waals surface area (Å²) in [6.07, 6.45) is 9.17. The molecule has 8 nitrogen and oxygen atoms in total. The van der Waals surface area contributed by atoms with Crippen LogP contribution in [-0.2, 0) is 0 Å². The van der Waals surface area contributed by atoms with Gasteiger partial charge in [-0.05, 0) is 37.1 Å². The van der Waals surface area contributed by atoms with Crippen molar-refractivity contribution in [3.63, 3.8) is 0 Å². The minimum Gasteiger partial charge on any atom is -0.365 e. The van der Waals surface area contributed by atoms with E-state index in [0.717, 1.165) is 31.7 Å². The molecule has 0 bridgehead atoms. The number of hydrogen-bond acceptors (Lipinski definition) is 6. The molecule has 6 N–H and O–H groups in total. The van der Waals surface area contributed by atoms with Crippen LogP contribution in [0.3, 0.4) is 0 Å². The number of primary amides is 1. The van der Waals surface area contributed by atoms with Gasteiger partial charge >= 0.3 is 0 Å². The van der Waals surface area contributed by atoms with Crippen molar-refractivity contribution >= 4 is 23.2 Å². The molecule has 9 heteroatoms. The van der Waals surface area contributed by atoms with Crippen molar-refractivity contribution in [2.24, 2.45) is 11.5 Å². The summed E-state index contributed by atoms with van der Waals surface area (Å²) in [5.74, 6) is -0.524. The number of aromatic nitrogens is 3. The standard InChI is InChI=1S/C21H24FN7O/c22-15-12-14(19(24)30)20(28-21(15)27-17-6-2-1-5-16(17)23)26-13-7-8-25-18(11-13)29-9-3-4-10-29/h3-4,7-12,16-17H,1-2,5-6,23H2,(H2,24,30)(H2,25,26,27,28)/t16-,17+/m0/s1. The first-order valence-electron chi connectivity index (χ1n) is 9.90. The van der Waals surface area contributed by atoms with Crippen LogP contribution in [0.5, 0.6) is 0 Å². The van der Waals surface area contributed by atoms with Crippen LogP contribution in [0.15, 0.2) is 48.9 Å². The Labute approximate surface area is 173 Å². The maximum absolute atomic E-state index is 14.6. The smallest absolute Gasteiger partial charge is 0.252 e. The highest BCUT2D eigenvalue weighted by atomic mass is 19.1. The number of halogens is 1. The lowest BCUT2D eigenvalue weighted by atomic mass is 9.91. The van der Waals surface area contributed by atoms with Crippen LogP contribution in [0, 0.1) is 5.82 Å². The van der Waals surface area contributed by atoms with Crippen LogP contribution < -0.4 is 22.1 Å². The molecule has 1 aliphatic rings. The highest BCUT2D eigenvalue weighted by molar-refractivity contribution is 5.98. The summed E-state index contributed by atoms with van der Waals surface area (Å²) in [7, 11) is 0. The molecule has 156 valence electrons.